The zero-order chi connectivity index (χ0) is 14.0. The molecule has 0 radical (unpaired) electrons. The summed E-state index contributed by atoms with van der Waals surface area (Å²) in [4.78, 5) is 25.7. The molecule has 1 heterocycles. The molecule has 0 saturated carbocycles. The van der Waals surface area contributed by atoms with Crippen molar-refractivity contribution in [2.45, 2.75) is 6.42 Å². The second-order valence-electron chi connectivity index (χ2n) is 4.33. The van der Waals surface area contributed by atoms with Gasteiger partial charge in [-0.25, -0.2) is 0 Å². The number of hydrogen-bond acceptors (Lipinski definition) is 4. The molecule has 1 N–H and O–H groups in total. The van der Waals surface area contributed by atoms with E-state index in [9.17, 15) is 9.59 Å². The number of likely N-dealkylation sites (N-methyl/N-ethyl adjacent to an activating group) is 1. The Kier molecular flexibility index (Phi) is 3.38. The minimum absolute atomic E-state index is 0.0313. The van der Waals surface area contributed by atoms with Gasteiger partial charge in [0.05, 0.1) is 36.0 Å². The molecule has 1 aromatic carbocycles. The van der Waals surface area contributed by atoms with E-state index in [0.29, 0.717) is 11.3 Å². The molecule has 0 unspecified atom stereocenters. The number of anilines is 2. The first-order valence-electron chi connectivity index (χ1n) is 5.80. The van der Waals surface area contributed by atoms with Gasteiger partial charge in [0, 0.05) is 13.6 Å². The molecule has 0 bridgehead atoms. The second kappa shape index (κ2) is 4.98. The third-order valence-corrected chi connectivity index (χ3v) is 3.10. The predicted octanol–water partition coefficient (Wildman–Crippen LogP) is 0.816. The van der Waals surface area contributed by atoms with Crippen LogP contribution in [0.2, 0.25) is 0 Å². The third kappa shape index (κ3) is 2.50. The summed E-state index contributed by atoms with van der Waals surface area (Å²) in [5, 5.41) is 17.6. The van der Waals surface area contributed by atoms with E-state index in [2.05, 4.69) is 0 Å². The molecule has 1 aromatic rings. The van der Waals surface area contributed by atoms with Crippen LogP contribution in [-0.2, 0) is 9.59 Å². The summed E-state index contributed by atoms with van der Waals surface area (Å²) in [5.74, 6) is -1.02. The van der Waals surface area contributed by atoms with Crippen LogP contribution in [0.3, 0.4) is 0 Å². The maximum atomic E-state index is 11.9. The first kappa shape index (κ1) is 12.9. The van der Waals surface area contributed by atoms with Gasteiger partial charge in [0.15, 0.2) is 0 Å². The first-order chi connectivity index (χ1) is 9.02. The molecule has 98 valence electrons. The number of nitrogens with zero attached hydrogens (tertiary/aromatic N) is 3. The lowest BCUT2D eigenvalue weighted by Crippen LogP contribution is -2.44. The summed E-state index contributed by atoms with van der Waals surface area (Å²) >= 11 is 0. The Balaban J connectivity index is 2.36. The van der Waals surface area contributed by atoms with E-state index in [1.54, 1.807) is 30.1 Å². The van der Waals surface area contributed by atoms with Crippen LogP contribution in [0.4, 0.5) is 11.4 Å². The minimum atomic E-state index is -0.901. The number of hydrogen-bond donors (Lipinski definition) is 1. The van der Waals surface area contributed by atoms with Crippen LogP contribution in [0.1, 0.15) is 12.0 Å². The highest BCUT2D eigenvalue weighted by Crippen LogP contribution is 2.33. The fraction of sp³-hybridized carbons (Fsp3) is 0.308. The van der Waals surface area contributed by atoms with Gasteiger partial charge in [-0.2, -0.15) is 5.26 Å². The standard InChI is InChI=1S/C13H13N3O3/c1-15-11-6-9(7-14)2-3-10(11)16(8-12(15)17)5-4-13(18)19/h2-3,6H,4-5,8H2,1H3,(H,18,19). The third-order valence-electron chi connectivity index (χ3n) is 3.10. The van der Waals surface area contributed by atoms with Crippen molar-refractivity contribution in [3.05, 3.63) is 23.8 Å². The van der Waals surface area contributed by atoms with E-state index in [1.807, 2.05) is 6.07 Å². The molecule has 1 aliphatic rings. The van der Waals surface area contributed by atoms with Crippen LogP contribution in [-0.4, -0.2) is 37.1 Å². The van der Waals surface area contributed by atoms with Crippen LogP contribution in [0.15, 0.2) is 18.2 Å². The summed E-state index contributed by atoms with van der Waals surface area (Å²) in [6.07, 6.45) is -0.0313. The van der Waals surface area contributed by atoms with Gasteiger partial charge in [-0.15, -0.1) is 0 Å². The second-order valence-corrected chi connectivity index (χ2v) is 4.33. The molecule has 0 aromatic heterocycles. The van der Waals surface area contributed by atoms with Crippen molar-refractivity contribution in [3.8, 4) is 6.07 Å². The number of nitriles is 1. The molecular weight excluding hydrogens is 246 g/mol. The van der Waals surface area contributed by atoms with Crippen LogP contribution < -0.4 is 9.80 Å². The van der Waals surface area contributed by atoms with E-state index >= 15 is 0 Å². The van der Waals surface area contributed by atoms with Gasteiger partial charge in [-0.3, -0.25) is 9.59 Å². The average Bonchev–Trinajstić information content (AvgIpc) is 2.40. The van der Waals surface area contributed by atoms with Gasteiger partial charge in [-0.1, -0.05) is 0 Å². The van der Waals surface area contributed by atoms with Crippen molar-refractivity contribution in [3.63, 3.8) is 0 Å². The molecule has 0 atom stereocenters. The fourth-order valence-corrected chi connectivity index (χ4v) is 2.05. The number of rotatable bonds is 3. The Morgan fingerprint density at radius 3 is 2.84 bits per heavy atom. The molecule has 6 nitrogen and oxygen atoms in total. The lowest BCUT2D eigenvalue weighted by molar-refractivity contribution is -0.136. The summed E-state index contributed by atoms with van der Waals surface area (Å²) < 4.78 is 0. The lowest BCUT2D eigenvalue weighted by atomic mass is 10.1. The number of carbonyl (C=O) groups is 2. The van der Waals surface area contributed by atoms with Crippen molar-refractivity contribution in [2.24, 2.45) is 0 Å². The Bertz CT molecular complexity index is 577. The van der Waals surface area contributed by atoms with Gasteiger partial charge in [0.1, 0.15) is 0 Å². The molecule has 1 amide bonds. The van der Waals surface area contributed by atoms with Gasteiger partial charge in [-0.05, 0) is 18.2 Å². The zero-order valence-electron chi connectivity index (χ0n) is 10.5. The van der Waals surface area contributed by atoms with Crippen LogP contribution in [0.5, 0.6) is 0 Å². The Hall–Kier alpha value is -2.55. The molecule has 6 heteroatoms. The van der Waals surface area contributed by atoms with Gasteiger partial charge >= 0.3 is 5.97 Å². The molecule has 19 heavy (non-hydrogen) atoms. The topological polar surface area (TPSA) is 84.6 Å². The minimum Gasteiger partial charge on any atom is -0.481 e. The number of carboxylic acids is 1. The highest BCUT2D eigenvalue weighted by atomic mass is 16.4. The van der Waals surface area contributed by atoms with Crippen molar-refractivity contribution in [1.29, 1.82) is 5.26 Å². The van der Waals surface area contributed by atoms with Crippen molar-refractivity contribution in [2.75, 3.05) is 29.9 Å². The van der Waals surface area contributed by atoms with Crippen molar-refractivity contribution >= 4 is 23.3 Å². The number of carbonyl (C=O) groups excluding carboxylic acids is 1. The first-order valence-corrected chi connectivity index (χ1v) is 5.80. The maximum absolute atomic E-state index is 11.9. The number of fused-ring (bicyclic) bond motifs is 1. The molecule has 2 rings (SSSR count). The number of benzene rings is 1. The quantitative estimate of drug-likeness (QED) is 0.868. The Labute approximate surface area is 110 Å². The highest BCUT2D eigenvalue weighted by molar-refractivity contribution is 6.03. The summed E-state index contributed by atoms with van der Waals surface area (Å²) in [7, 11) is 1.65. The van der Waals surface area contributed by atoms with Gasteiger partial charge < -0.3 is 14.9 Å². The summed E-state index contributed by atoms with van der Waals surface area (Å²) in [5.41, 5.74) is 1.89. The monoisotopic (exact) mass is 259 g/mol. The molecule has 0 fully saturated rings. The maximum Gasteiger partial charge on any atom is 0.305 e. The van der Waals surface area contributed by atoms with Crippen LogP contribution >= 0.6 is 0 Å². The summed E-state index contributed by atoms with van der Waals surface area (Å²) in [6.45, 7) is 0.427. The zero-order valence-corrected chi connectivity index (χ0v) is 10.5. The molecule has 0 saturated heterocycles. The fourth-order valence-electron chi connectivity index (χ4n) is 2.05. The van der Waals surface area contributed by atoms with E-state index < -0.39 is 5.97 Å². The van der Waals surface area contributed by atoms with Gasteiger partial charge in [0.2, 0.25) is 5.91 Å². The number of amides is 1. The molecule has 0 spiro atoms. The average molecular weight is 259 g/mol. The Morgan fingerprint density at radius 1 is 1.47 bits per heavy atom. The van der Waals surface area contributed by atoms with Crippen molar-refractivity contribution in [1.82, 2.24) is 0 Å². The largest absolute Gasteiger partial charge is 0.481 e. The summed E-state index contributed by atoms with van der Waals surface area (Å²) in [6, 6.07) is 7.08. The number of aliphatic carboxylic acids is 1. The lowest BCUT2D eigenvalue weighted by Gasteiger charge is -2.35. The van der Waals surface area contributed by atoms with E-state index in [1.165, 1.54) is 4.90 Å². The SMILES string of the molecule is CN1C(=O)CN(CCC(=O)O)c2ccc(C#N)cc21. The van der Waals surface area contributed by atoms with Gasteiger partial charge in [0.25, 0.3) is 0 Å². The van der Waals surface area contributed by atoms with Crippen LogP contribution in [0.25, 0.3) is 0 Å². The Morgan fingerprint density at radius 2 is 2.21 bits per heavy atom. The molecule has 1 aliphatic heterocycles. The van der Waals surface area contributed by atoms with E-state index in [0.717, 1.165) is 5.69 Å². The number of carboxylic acid groups (broad SMARTS) is 1. The normalized spacial score (nSPS) is 14.0. The molecule has 0 aliphatic carbocycles. The van der Waals surface area contributed by atoms with E-state index in [4.69, 9.17) is 10.4 Å². The van der Waals surface area contributed by atoms with Crippen molar-refractivity contribution < 1.29 is 14.7 Å². The highest BCUT2D eigenvalue weighted by Gasteiger charge is 2.27. The predicted molar refractivity (Wildman–Crippen MR) is 69.0 cm³/mol. The van der Waals surface area contributed by atoms with E-state index in [-0.39, 0.29) is 25.4 Å². The molecular formula is C13H13N3O3. The van der Waals surface area contributed by atoms with Crippen LogP contribution in [0, 0.1) is 11.3 Å². The smallest absolute Gasteiger partial charge is 0.305 e.